The zero-order valence-corrected chi connectivity index (χ0v) is 14.7. The van der Waals surface area contributed by atoms with Crippen molar-refractivity contribution in [3.8, 4) is 0 Å². The van der Waals surface area contributed by atoms with Crippen molar-refractivity contribution in [1.29, 1.82) is 0 Å². The number of nitrogens with zero attached hydrogens (tertiary/aromatic N) is 1. The van der Waals surface area contributed by atoms with E-state index in [1.807, 2.05) is 30.3 Å². The first kappa shape index (κ1) is 20.3. The van der Waals surface area contributed by atoms with Gasteiger partial charge in [-0.1, -0.05) is 24.8 Å². The molecule has 0 fully saturated rings. The van der Waals surface area contributed by atoms with Crippen LogP contribution in [-0.4, -0.2) is 39.0 Å². The first-order valence-corrected chi connectivity index (χ1v) is 7.68. The number of para-hydroxylation sites is 1. The number of carbonyl (C=O) groups excluding carboxylic acids is 1. The van der Waals surface area contributed by atoms with Crippen molar-refractivity contribution in [2.24, 2.45) is 4.99 Å². The molecule has 0 saturated heterocycles. The molecular formula is C19H23FN2O3. The number of amidine groups is 1. The number of rotatable bonds is 9. The molecule has 1 atom stereocenters. The second kappa shape index (κ2) is 10.9. The number of carbonyl (C=O) groups is 1. The van der Waals surface area contributed by atoms with Crippen LogP contribution in [0.1, 0.15) is 6.92 Å². The average Bonchev–Trinajstić information content (AvgIpc) is 2.66. The van der Waals surface area contributed by atoms with Gasteiger partial charge in [-0.05, 0) is 31.2 Å². The van der Waals surface area contributed by atoms with Crippen molar-refractivity contribution in [2.75, 3.05) is 26.1 Å². The Bertz CT molecular complexity index is 667. The molecule has 0 saturated carbocycles. The third-order valence-electron chi connectivity index (χ3n) is 3.32. The molecule has 1 N–H and O–H groups in total. The van der Waals surface area contributed by atoms with E-state index in [9.17, 15) is 9.18 Å². The summed E-state index contributed by atoms with van der Waals surface area (Å²) < 4.78 is 24.4. The van der Waals surface area contributed by atoms with E-state index < -0.39 is 11.9 Å². The Kier molecular flexibility index (Phi) is 8.89. The second-order valence-electron chi connectivity index (χ2n) is 4.99. The fourth-order valence-corrected chi connectivity index (χ4v) is 1.90. The maximum Gasteiger partial charge on any atom is 0.153 e. The van der Waals surface area contributed by atoms with Gasteiger partial charge in [-0.15, -0.1) is 0 Å². The molecule has 6 heteroatoms. The lowest BCUT2D eigenvalue weighted by atomic mass is 10.2. The van der Waals surface area contributed by atoms with Crippen LogP contribution in [0.3, 0.4) is 0 Å². The van der Waals surface area contributed by atoms with E-state index in [-0.39, 0.29) is 12.2 Å². The minimum Gasteiger partial charge on any atom is -0.498 e. The van der Waals surface area contributed by atoms with E-state index in [1.54, 1.807) is 14.0 Å². The van der Waals surface area contributed by atoms with Gasteiger partial charge in [0.25, 0.3) is 0 Å². The fourth-order valence-electron chi connectivity index (χ4n) is 1.90. The summed E-state index contributed by atoms with van der Waals surface area (Å²) in [5.41, 5.74) is 0.732. The van der Waals surface area contributed by atoms with Gasteiger partial charge in [-0.2, -0.15) is 0 Å². The fraction of sp³-hybridized carbons (Fsp3) is 0.263. The summed E-state index contributed by atoms with van der Waals surface area (Å²) >= 11 is 0. The normalized spacial score (nSPS) is 14.4. The van der Waals surface area contributed by atoms with E-state index in [4.69, 9.17) is 9.47 Å². The topological polar surface area (TPSA) is 59.9 Å². The molecule has 1 unspecified atom stereocenters. The Morgan fingerprint density at radius 2 is 2.08 bits per heavy atom. The van der Waals surface area contributed by atoms with Gasteiger partial charge in [0, 0.05) is 12.7 Å². The molecule has 0 spiro atoms. The SMILES string of the molecule is C=C/C(F)=C(C=O)\C=C(\OC)C(C)OCC(=NC)Nc1ccccc1. The van der Waals surface area contributed by atoms with Gasteiger partial charge in [0.05, 0.1) is 12.7 Å². The number of halogens is 1. The molecule has 0 radical (unpaired) electrons. The lowest BCUT2D eigenvalue weighted by Gasteiger charge is -2.17. The maximum atomic E-state index is 13.5. The molecule has 1 aromatic carbocycles. The predicted octanol–water partition coefficient (Wildman–Crippen LogP) is 3.67. The number of aldehydes is 1. The highest BCUT2D eigenvalue weighted by molar-refractivity contribution is 5.96. The number of aliphatic imine (C=N–C) groups is 1. The standard InChI is InChI=1S/C19H23FN2O3/c1-5-17(20)15(12-23)11-18(24-4)14(2)25-13-19(21-3)22-16-9-7-6-8-10-16/h5-12,14H,1,13H2,2-4H3,(H,21,22)/b17-15-,18-11+. The summed E-state index contributed by atoms with van der Waals surface area (Å²) in [5, 5.41) is 3.15. The van der Waals surface area contributed by atoms with Gasteiger partial charge in [-0.3, -0.25) is 9.79 Å². The zero-order chi connectivity index (χ0) is 18.7. The van der Waals surface area contributed by atoms with E-state index in [1.165, 1.54) is 13.2 Å². The number of anilines is 1. The molecule has 25 heavy (non-hydrogen) atoms. The Morgan fingerprint density at radius 3 is 2.60 bits per heavy atom. The van der Waals surface area contributed by atoms with Gasteiger partial charge in [0.1, 0.15) is 30.1 Å². The molecule has 5 nitrogen and oxygen atoms in total. The van der Waals surface area contributed by atoms with Crippen LogP contribution < -0.4 is 5.32 Å². The molecule has 0 aliphatic carbocycles. The monoisotopic (exact) mass is 346 g/mol. The van der Waals surface area contributed by atoms with Crippen molar-refractivity contribution >= 4 is 17.8 Å². The van der Waals surface area contributed by atoms with Gasteiger partial charge in [-0.25, -0.2) is 4.39 Å². The summed E-state index contributed by atoms with van der Waals surface area (Å²) in [6.07, 6.45) is 2.15. The lowest BCUT2D eigenvalue weighted by molar-refractivity contribution is -0.104. The molecular weight excluding hydrogens is 323 g/mol. The van der Waals surface area contributed by atoms with Crippen LogP contribution in [0.5, 0.6) is 0 Å². The van der Waals surface area contributed by atoms with Crippen LogP contribution in [-0.2, 0) is 14.3 Å². The number of allylic oxidation sites excluding steroid dienone is 4. The number of ether oxygens (including phenoxy) is 2. The van der Waals surface area contributed by atoms with Crippen LogP contribution >= 0.6 is 0 Å². The van der Waals surface area contributed by atoms with Crippen LogP contribution in [0.25, 0.3) is 0 Å². The van der Waals surface area contributed by atoms with E-state index >= 15 is 0 Å². The summed E-state index contributed by atoms with van der Waals surface area (Å²) in [6.45, 7) is 5.23. The van der Waals surface area contributed by atoms with E-state index in [0.717, 1.165) is 11.8 Å². The highest BCUT2D eigenvalue weighted by Gasteiger charge is 2.13. The molecule has 0 aromatic heterocycles. The Labute approximate surface area is 147 Å². The number of hydrogen-bond donors (Lipinski definition) is 1. The van der Waals surface area contributed by atoms with Crippen molar-refractivity contribution in [1.82, 2.24) is 0 Å². The van der Waals surface area contributed by atoms with Crippen molar-refractivity contribution in [2.45, 2.75) is 13.0 Å². The summed E-state index contributed by atoms with van der Waals surface area (Å²) in [7, 11) is 3.08. The summed E-state index contributed by atoms with van der Waals surface area (Å²) in [4.78, 5) is 15.1. The highest BCUT2D eigenvalue weighted by Crippen LogP contribution is 2.14. The average molecular weight is 346 g/mol. The maximum absolute atomic E-state index is 13.5. The molecule has 1 aromatic rings. The third-order valence-corrected chi connectivity index (χ3v) is 3.32. The van der Waals surface area contributed by atoms with Gasteiger partial charge < -0.3 is 14.8 Å². The molecule has 0 amide bonds. The van der Waals surface area contributed by atoms with Crippen LogP contribution in [0.4, 0.5) is 10.1 Å². The zero-order valence-electron chi connectivity index (χ0n) is 14.7. The Morgan fingerprint density at radius 1 is 1.40 bits per heavy atom. The summed E-state index contributed by atoms with van der Waals surface area (Å²) in [6, 6.07) is 9.56. The number of nitrogens with one attached hydrogen (secondary N) is 1. The predicted molar refractivity (Wildman–Crippen MR) is 98.3 cm³/mol. The van der Waals surface area contributed by atoms with Gasteiger partial charge >= 0.3 is 0 Å². The molecule has 1 rings (SSSR count). The smallest absolute Gasteiger partial charge is 0.153 e. The van der Waals surface area contributed by atoms with Gasteiger partial charge in [0.2, 0.25) is 0 Å². The quantitative estimate of drug-likeness (QED) is 0.185. The minimum absolute atomic E-state index is 0.158. The Hall–Kier alpha value is -2.73. The van der Waals surface area contributed by atoms with Crippen molar-refractivity contribution in [3.63, 3.8) is 0 Å². The largest absolute Gasteiger partial charge is 0.498 e. The highest BCUT2D eigenvalue weighted by atomic mass is 19.1. The molecule has 0 bridgehead atoms. The molecule has 0 aliphatic heterocycles. The molecule has 0 aliphatic rings. The van der Waals surface area contributed by atoms with Gasteiger partial charge in [0.15, 0.2) is 6.29 Å². The minimum atomic E-state index is -0.724. The number of hydrogen-bond acceptors (Lipinski definition) is 4. The van der Waals surface area contributed by atoms with E-state index in [2.05, 4.69) is 16.9 Å². The van der Waals surface area contributed by atoms with Crippen LogP contribution in [0.15, 0.2) is 71.2 Å². The second-order valence-corrected chi connectivity index (χ2v) is 4.99. The first-order chi connectivity index (χ1) is 12.0. The first-order valence-electron chi connectivity index (χ1n) is 7.68. The van der Waals surface area contributed by atoms with E-state index in [0.29, 0.717) is 17.9 Å². The van der Waals surface area contributed by atoms with Crippen LogP contribution in [0, 0.1) is 0 Å². The summed E-state index contributed by atoms with van der Waals surface area (Å²) in [5.74, 6) is 0.212. The number of benzene rings is 1. The molecule has 134 valence electrons. The van der Waals surface area contributed by atoms with Crippen LogP contribution in [0.2, 0.25) is 0 Å². The lowest BCUT2D eigenvalue weighted by Crippen LogP contribution is -2.23. The van der Waals surface area contributed by atoms with Crippen molar-refractivity contribution < 1.29 is 18.7 Å². The third kappa shape index (κ3) is 6.73. The van der Waals surface area contributed by atoms with Crippen molar-refractivity contribution in [3.05, 3.63) is 66.2 Å². The Balaban J connectivity index is 2.76. The molecule has 0 heterocycles. The number of methoxy groups -OCH3 is 1.